The molecule has 0 aliphatic rings. The number of rotatable bonds is 9. The maximum Gasteiger partial charge on any atom is 0.262 e. The topological polar surface area (TPSA) is 64.3 Å². The van der Waals surface area contributed by atoms with Crippen LogP contribution in [-0.2, 0) is 11.3 Å². The monoisotopic (exact) mass is 404 g/mol. The lowest BCUT2D eigenvalue weighted by atomic mass is 10.2. The fourth-order valence-electron chi connectivity index (χ4n) is 2.71. The lowest BCUT2D eigenvalue weighted by Crippen LogP contribution is -2.27. The number of thiophene rings is 1. The van der Waals surface area contributed by atoms with Crippen molar-refractivity contribution < 1.29 is 9.84 Å². The van der Waals surface area contributed by atoms with Crippen molar-refractivity contribution >= 4 is 34.0 Å². The molecule has 144 valence electrons. The molecule has 0 aliphatic carbocycles. The van der Waals surface area contributed by atoms with Gasteiger partial charge in [-0.25, -0.2) is 4.98 Å². The van der Waals surface area contributed by atoms with Crippen LogP contribution in [0.2, 0.25) is 0 Å². The SMILES string of the molecule is CC[C@H](C)n1c(SC[C@@H](O)COCc2cccs2)nc2ccccc2c1=O. The standard InChI is InChI=1S/C20H24N2O3S2/c1-3-14(2)22-19(24)17-8-4-5-9-18(17)21-20(22)27-13-15(23)11-25-12-16-7-6-10-26-16/h4-10,14-15,23H,3,11-13H2,1-2H3/t14-,15-/m0/s1. The Morgan fingerprint density at radius 3 is 2.85 bits per heavy atom. The molecule has 0 amide bonds. The van der Waals surface area contributed by atoms with E-state index in [1.54, 1.807) is 15.9 Å². The lowest BCUT2D eigenvalue weighted by Gasteiger charge is -2.19. The van der Waals surface area contributed by atoms with Crippen LogP contribution in [0.1, 0.15) is 31.2 Å². The van der Waals surface area contributed by atoms with Gasteiger partial charge in [-0.15, -0.1) is 11.3 Å². The largest absolute Gasteiger partial charge is 0.390 e. The first-order chi connectivity index (χ1) is 13.1. The zero-order chi connectivity index (χ0) is 19.2. The number of nitrogens with zero attached hydrogens (tertiary/aromatic N) is 2. The molecule has 5 nitrogen and oxygen atoms in total. The molecule has 0 aliphatic heterocycles. The average molecular weight is 405 g/mol. The number of aromatic nitrogens is 2. The summed E-state index contributed by atoms with van der Waals surface area (Å²) in [5.74, 6) is 0.422. The van der Waals surface area contributed by atoms with E-state index in [0.29, 0.717) is 28.4 Å². The number of hydrogen-bond acceptors (Lipinski definition) is 6. The highest BCUT2D eigenvalue weighted by molar-refractivity contribution is 7.99. The third kappa shape index (κ3) is 4.99. The summed E-state index contributed by atoms with van der Waals surface area (Å²) in [6.07, 6.45) is 0.212. The molecule has 0 bridgehead atoms. The molecule has 7 heteroatoms. The normalized spacial score (nSPS) is 13.7. The molecule has 3 rings (SSSR count). The van der Waals surface area contributed by atoms with Crippen LogP contribution >= 0.6 is 23.1 Å². The van der Waals surface area contributed by atoms with Gasteiger partial charge in [-0.3, -0.25) is 9.36 Å². The van der Waals surface area contributed by atoms with Gasteiger partial charge < -0.3 is 9.84 Å². The number of ether oxygens (including phenoxy) is 1. The van der Waals surface area contributed by atoms with Crippen molar-refractivity contribution in [1.82, 2.24) is 9.55 Å². The fourth-order valence-corrected chi connectivity index (χ4v) is 4.35. The fraction of sp³-hybridized carbons (Fsp3) is 0.400. The van der Waals surface area contributed by atoms with Crippen LogP contribution in [0.5, 0.6) is 0 Å². The van der Waals surface area contributed by atoms with E-state index in [1.165, 1.54) is 11.8 Å². The van der Waals surface area contributed by atoms with E-state index < -0.39 is 6.10 Å². The molecule has 2 heterocycles. The molecule has 27 heavy (non-hydrogen) atoms. The molecule has 1 aromatic carbocycles. The van der Waals surface area contributed by atoms with Crippen LogP contribution in [0.3, 0.4) is 0 Å². The summed E-state index contributed by atoms with van der Waals surface area (Å²) in [5, 5.41) is 13.5. The summed E-state index contributed by atoms with van der Waals surface area (Å²) in [7, 11) is 0. The van der Waals surface area contributed by atoms with E-state index >= 15 is 0 Å². The predicted octanol–water partition coefficient (Wildman–Crippen LogP) is 4.10. The first-order valence-electron chi connectivity index (χ1n) is 9.02. The molecular weight excluding hydrogens is 380 g/mol. The summed E-state index contributed by atoms with van der Waals surface area (Å²) in [6, 6.07) is 11.4. The zero-order valence-corrected chi connectivity index (χ0v) is 17.1. The molecule has 0 spiro atoms. The van der Waals surface area contributed by atoms with E-state index in [4.69, 9.17) is 4.74 Å². The first kappa shape index (κ1) is 20.1. The van der Waals surface area contributed by atoms with E-state index in [0.717, 1.165) is 11.3 Å². The third-order valence-corrected chi connectivity index (χ3v) is 6.29. The number of benzene rings is 1. The Labute approximate surface area is 167 Å². The minimum Gasteiger partial charge on any atom is -0.390 e. The second kappa shape index (κ2) is 9.50. The highest BCUT2D eigenvalue weighted by Gasteiger charge is 2.17. The van der Waals surface area contributed by atoms with Crippen LogP contribution < -0.4 is 5.56 Å². The second-order valence-corrected chi connectivity index (χ2v) is 8.42. The van der Waals surface area contributed by atoms with Crippen molar-refractivity contribution in [1.29, 1.82) is 0 Å². The van der Waals surface area contributed by atoms with Crippen LogP contribution in [0.25, 0.3) is 10.9 Å². The Morgan fingerprint density at radius 2 is 2.11 bits per heavy atom. The van der Waals surface area contributed by atoms with Crippen molar-refractivity contribution in [3.05, 3.63) is 57.0 Å². The number of thioether (sulfide) groups is 1. The van der Waals surface area contributed by atoms with Gasteiger partial charge in [0, 0.05) is 16.7 Å². The maximum absolute atomic E-state index is 12.9. The van der Waals surface area contributed by atoms with Crippen LogP contribution in [0, 0.1) is 0 Å². The Kier molecular flexibility index (Phi) is 7.07. The minimum atomic E-state index is -0.622. The van der Waals surface area contributed by atoms with Gasteiger partial charge in [0.1, 0.15) is 0 Å². The summed E-state index contributed by atoms with van der Waals surface area (Å²) < 4.78 is 7.32. The quantitative estimate of drug-likeness (QED) is 0.430. The average Bonchev–Trinajstić information content (AvgIpc) is 3.19. The van der Waals surface area contributed by atoms with Gasteiger partial charge in [0.05, 0.1) is 30.2 Å². The Hall–Kier alpha value is -1.67. The van der Waals surface area contributed by atoms with E-state index in [9.17, 15) is 9.90 Å². The maximum atomic E-state index is 12.9. The van der Waals surface area contributed by atoms with Gasteiger partial charge in [-0.1, -0.05) is 36.9 Å². The molecule has 0 saturated heterocycles. The second-order valence-electron chi connectivity index (χ2n) is 6.40. The Balaban J connectivity index is 1.70. The Bertz CT molecular complexity index is 925. The van der Waals surface area contributed by atoms with Crippen LogP contribution in [0.15, 0.2) is 51.7 Å². The van der Waals surface area contributed by atoms with Crippen molar-refractivity contribution in [3.8, 4) is 0 Å². The number of hydrogen-bond donors (Lipinski definition) is 1. The minimum absolute atomic E-state index is 0.0270. The highest BCUT2D eigenvalue weighted by Crippen LogP contribution is 2.23. The van der Waals surface area contributed by atoms with Crippen molar-refractivity contribution in [3.63, 3.8) is 0 Å². The number of fused-ring (bicyclic) bond motifs is 1. The van der Waals surface area contributed by atoms with Gasteiger partial charge >= 0.3 is 0 Å². The van der Waals surface area contributed by atoms with Crippen LogP contribution in [0.4, 0.5) is 0 Å². The van der Waals surface area contributed by atoms with Gasteiger partial charge in [-0.2, -0.15) is 0 Å². The van der Waals surface area contributed by atoms with E-state index in [1.807, 2.05) is 55.6 Å². The summed E-state index contributed by atoms with van der Waals surface area (Å²) in [5.41, 5.74) is 0.661. The number of para-hydroxylation sites is 1. The van der Waals surface area contributed by atoms with Gasteiger partial charge in [-0.05, 0) is 36.9 Å². The van der Waals surface area contributed by atoms with E-state index in [-0.39, 0.29) is 18.2 Å². The van der Waals surface area contributed by atoms with Crippen molar-refractivity contribution in [2.24, 2.45) is 0 Å². The van der Waals surface area contributed by atoms with Crippen molar-refractivity contribution in [2.75, 3.05) is 12.4 Å². The lowest BCUT2D eigenvalue weighted by molar-refractivity contribution is 0.0408. The molecule has 0 fully saturated rings. The molecule has 0 radical (unpaired) electrons. The number of aliphatic hydroxyl groups is 1. The highest BCUT2D eigenvalue weighted by atomic mass is 32.2. The predicted molar refractivity (Wildman–Crippen MR) is 112 cm³/mol. The van der Waals surface area contributed by atoms with Crippen molar-refractivity contribution in [2.45, 2.75) is 44.2 Å². The summed E-state index contributed by atoms with van der Waals surface area (Å²) in [4.78, 5) is 18.7. The Morgan fingerprint density at radius 1 is 1.30 bits per heavy atom. The van der Waals surface area contributed by atoms with E-state index in [2.05, 4.69) is 4.98 Å². The third-order valence-electron chi connectivity index (χ3n) is 4.35. The summed E-state index contributed by atoms with van der Waals surface area (Å²) in [6.45, 7) is 4.83. The molecule has 0 saturated carbocycles. The molecule has 1 N–H and O–H groups in total. The smallest absolute Gasteiger partial charge is 0.262 e. The molecule has 2 aromatic heterocycles. The first-order valence-corrected chi connectivity index (χ1v) is 10.9. The molecule has 3 aromatic rings. The summed E-state index contributed by atoms with van der Waals surface area (Å²) >= 11 is 3.04. The van der Waals surface area contributed by atoms with Gasteiger partial charge in [0.25, 0.3) is 5.56 Å². The number of aliphatic hydroxyl groups excluding tert-OH is 1. The molecular formula is C20H24N2O3S2. The van der Waals surface area contributed by atoms with Gasteiger partial charge in [0.2, 0.25) is 0 Å². The zero-order valence-electron chi connectivity index (χ0n) is 15.5. The molecule has 2 atom stereocenters. The van der Waals surface area contributed by atoms with Crippen LogP contribution in [-0.4, -0.2) is 33.1 Å². The van der Waals surface area contributed by atoms with Gasteiger partial charge in [0.15, 0.2) is 5.16 Å². The molecule has 0 unspecified atom stereocenters.